The van der Waals surface area contributed by atoms with Gasteiger partial charge in [-0.3, -0.25) is 4.79 Å². The third kappa shape index (κ3) is 3.65. The summed E-state index contributed by atoms with van der Waals surface area (Å²) >= 11 is 0. The van der Waals surface area contributed by atoms with Crippen LogP contribution in [0.5, 0.6) is 23.0 Å². The minimum atomic E-state index is -1.04. The molecule has 0 saturated heterocycles. The number of phenolic OH excluding ortho intramolecular Hbond substituents is 1. The molecule has 2 aromatic rings. The predicted octanol–water partition coefficient (Wildman–Crippen LogP) is 3.61. The number of allylic oxidation sites excluding steroid dienone is 1. The van der Waals surface area contributed by atoms with Crippen LogP contribution in [0.25, 0.3) is 6.08 Å². The number of halogens is 1. The largest absolute Gasteiger partial charge is 0.507 e. The predicted molar refractivity (Wildman–Crippen MR) is 87.6 cm³/mol. The van der Waals surface area contributed by atoms with Gasteiger partial charge in [0, 0.05) is 12.1 Å². The molecule has 2 aromatic carbocycles. The van der Waals surface area contributed by atoms with Gasteiger partial charge in [0.2, 0.25) is 5.78 Å². The molecule has 5 nitrogen and oxygen atoms in total. The highest BCUT2D eigenvalue weighted by molar-refractivity contribution is 6.13. The van der Waals surface area contributed by atoms with E-state index in [2.05, 4.69) is 0 Å². The lowest BCUT2D eigenvalue weighted by molar-refractivity contribution is 0.100. The van der Waals surface area contributed by atoms with Gasteiger partial charge in [0.05, 0.1) is 21.3 Å². The van der Waals surface area contributed by atoms with E-state index in [4.69, 9.17) is 14.2 Å². The minimum Gasteiger partial charge on any atom is -0.507 e. The molecule has 0 atom stereocenters. The van der Waals surface area contributed by atoms with Crippen molar-refractivity contribution in [2.75, 3.05) is 21.3 Å². The van der Waals surface area contributed by atoms with E-state index in [1.165, 1.54) is 33.5 Å². The molecule has 24 heavy (non-hydrogen) atoms. The first-order valence-electron chi connectivity index (χ1n) is 7.01. The van der Waals surface area contributed by atoms with Gasteiger partial charge in [0.1, 0.15) is 28.6 Å². The third-order valence-corrected chi connectivity index (χ3v) is 3.34. The van der Waals surface area contributed by atoms with Crippen LogP contribution in [-0.2, 0) is 0 Å². The maximum absolute atomic E-state index is 14.4. The molecule has 2 rings (SSSR count). The summed E-state index contributed by atoms with van der Waals surface area (Å²) in [5.41, 5.74) is 0.183. The van der Waals surface area contributed by atoms with Crippen LogP contribution >= 0.6 is 0 Å². The number of rotatable bonds is 6. The molecule has 0 aliphatic carbocycles. The Hall–Kier alpha value is -3.02. The monoisotopic (exact) mass is 332 g/mol. The first kappa shape index (κ1) is 17.3. The molecule has 0 aliphatic heterocycles. The first-order chi connectivity index (χ1) is 11.5. The van der Waals surface area contributed by atoms with E-state index in [9.17, 15) is 14.3 Å². The first-order valence-corrected chi connectivity index (χ1v) is 7.01. The fourth-order valence-electron chi connectivity index (χ4n) is 2.15. The van der Waals surface area contributed by atoms with E-state index in [1.807, 2.05) is 0 Å². The lowest BCUT2D eigenvalue weighted by Crippen LogP contribution is -2.04. The van der Waals surface area contributed by atoms with Crippen molar-refractivity contribution in [2.24, 2.45) is 0 Å². The van der Waals surface area contributed by atoms with Crippen molar-refractivity contribution in [1.29, 1.82) is 0 Å². The summed E-state index contributed by atoms with van der Waals surface area (Å²) < 4.78 is 29.4. The minimum absolute atomic E-state index is 0.0195. The third-order valence-electron chi connectivity index (χ3n) is 3.34. The van der Waals surface area contributed by atoms with Gasteiger partial charge in [-0.1, -0.05) is 12.1 Å². The smallest absolute Gasteiger partial charge is 0.228 e. The van der Waals surface area contributed by atoms with Crippen LogP contribution in [0.3, 0.4) is 0 Å². The second-order valence-electron chi connectivity index (χ2n) is 4.82. The van der Waals surface area contributed by atoms with Crippen molar-refractivity contribution < 1.29 is 28.5 Å². The Kier molecular flexibility index (Phi) is 5.42. The molecule has 0 aromatic heterocycles. The molecule has 1 N–H and O–H groups in total. The zero-order valence-electron chi connectivity index (χ0n) is 13.5. The average molecular weight is 332 g/mol. The van der Waals surface area contributed by atoms with Crippen LogP contribution in [0.2, 0.25) is 0 Å². The van der Waals surface area contributed by atoms with Gasteiger partial charge >= 0.3 is 0 Å². The number of ketones is 1. The molecule has 0 aliphatic rings. The Balaban J connectivity index is 2.42. The van der Waals surface area contributed by atoms with Crippen LogP contribution in [0.4, 0.5) is 4.39 Å². The van der Waals surface area contributed by atoms with Crippen LogP contribution in [0, 0.1) is 0 Å². The van der Waals surface area contributed by atoms with Crippen molar-refractivity contribution >= 4 is 11.9 Å². The summed E-state index contributed by atoms with van der Waals surface area (Å²) in [5.74, 6) is -1.61. The fourth-order valence-corrected chi connectivity index (χ4v) is 2.15. The summed E-state index contributed by atoms with van der Waals surface area (Å²) in [7, 11) is 4.21. The summed E-state index contributed by atoms with van der Waals surface area (Å²) in [5, 5.41) is 10.0. The summed E-state index contributed by atoms with van der Waals surface area (Å²) in [6, 6.07) is 9.20. The fraction of sp³-hybridized carbons (Fsp3) is 0.167. The summed E-state index contributed by atoms with van der Waals surface area (Å²) in [4.78, 5) is 12.3. The van der Waals surface area contributed by atoms with E-state index in [0.717, 1.165) is 6.08 Å². The molecular formula is C18H17FO5. The maximum atomic E-state index is 14.4. The highest BCUT2D eigenvalue weighted by Gasteiger charge is 2.22. The zero-order chi connectivity index (χ0) is 17.7. The zero-order valence-corrected chi connectivity index (χ0v) is 13.5. The molecule has 0 amide bonds. The van der Waals surface area contributed by atoms with Crippen molar-refractivity contribution in [3.05, 3.63) is 53.4 Å². The van der Waals surface area contributed by atoms with Crippen molar-refractivity contribution in [1.82, 2.24) is 0 Å². The van der Waals surface area contributed by atoms with Gasteiger partial charge in [-0.05, 0) is 23.8 Å². The van der Waals surface area contributed by atoms with Crippen molar-refractivity contribution in [2.45, 2.75) is 0 Å². The van der Waals surface area contributed by atoms with E-state index in [0.29, 0.717) is 11.3 Å². The Morgan fingerprint density at radius 1 is 1.04 bits per heavy atom. The molecule has 0 unspecified atom stereocenters. The SMILES string of the molecule is COc1cccc(/C=C(\F)C(=O)c2c(O)cc(OC)cc2OC)c1. The molecule has 0 radical (unpaired) electrons. The Morgan fingerprint density at radius 3 is 2.38 bits per heavy atom. The number of benzene rings is 2. The van der Waals surface area contributed by atoms with Gasteiger partial charge in [0.15, 0.2) is 5.83 Å². The van der Waals surface area contributed by atoms with E-state index >= 15 is 0 Å². The Labute approximate surface area is 138 Å². The second-order valence-corrected chi connectivity index (χ2v) is 4.82. The Bertz CT molecular complexity index is 783. The van der Waals surface area contributed by atoms with Crippen LogP contribution < -0.4 is 14.2 Å². The molecule has 126 valence electrons. The number of hydrogen-bond donors (Lipinski definition) is 1. The molecule has 0 fully saturated rings. The summed E-state index contributed by atoms with van der Waals surface area (Å²) in [6.07, 6.45) is 1.06. The molecule has 0 saturated carbocycles. The number of aromatic hydroxyl groups is 1. The van der Waals surface area contributed by atoms with Gasteiger partial charge < -0.3 is 19.3 Å². The van der Waals surface area contributed by atoms with Crippen LogP contribution in [-0.4, -0.2) is 32.2 Å². The van der Waals surface area contributed by atoms with Gasteiger partial charge in [-0.2, -0.15) is 0 Å². The highest BCUT2D eigenvalue weighted by atomic mass is 19.1. The van der Waals surface area contributed by atoms with Crippen molar-refractivity contribution in [3.63, 3.8) is 0 Å². The molecular weight excluding hydrogens is 315 g/mol. The standard InChI is InChI=1S/C18H17FO5/c1-22-12-6-4-5-11(7-12)8-14(19)18(21)17-15(20)9-13(23-2)10-16(17)24-3/h4-10,20H,1-3H3/b14-8-. The topological polar surface area (TPSA) is 65.0 Å². The molecule has 0 bridgehead atoms. The number of phenols is 1. The van der Waals surface area contributed by atoms with Crippen molar-refractivity contribution in [3.8, 4) is 23.0 Å². The normalized spacial score (nSPS) is 11.1. The number of methoxy groups -OCH3 is 3. The highest BCUT2D eigenvalue weighted by Crippen LogP contribution is 2.35. The molecule has 0 heterocycles. The number of ether oxygens (including phenoxy) is 3. The maximum Gasteiger partial charge on any atom is 0.228 e. The number of carbonyl (C=O) groups is 1. The van der Waals surface area contributed by atoms with Gasteiger partial charge in [-0.15, -0.1) is 0 Å². The lowest BCUT2D eigenvalue weighted by Gasteiger charge is -2.11. The number of carbonyl (C=O) groups excluding carboxylic acids is 1. The van der Waals surface area contributed by atoms with E-state index in [-0.39, 0.29) is 17.1 Å². The van der Waals surface area contributed by atoms with Crippen LogP contribution in [0.15, 0.2) is 42.2 Å². The Morgan fingerprint density at radius 2 is 1.75 bits per heavy atom. The molecule has 6 heteroatoms. The van der Waals surface area contributed by atoms with E-state index < -0.39 is 17.4 Å². The van der Waals surface area contributed by atoms with E-state index in [1.54, 1.807) is 24.3 Å². The number of hydrogen-bond acceptors (Lipinski definition) is 5. The lowest BCUT2D eigenvalue weighted by atomic mass is 10.0. The van der Waals surface area contributed by atoms with Gasteiger partial charge in [0.25, 0.3) is 0 Å². The number of Topliss-reactive ketones (excluding diaryl/α,β-unsaturated/α-hetero) is 1. The molecule has 0 spiro atoms. The quantitative estimate of drug-likeness (QED) is 0.647. The second kappa shape index (κ2) is 7.50. The summed E-state index contributed by atoms with van der Waals surface area (Å²) in [6.45, 7) is 0. The van der Waals surface area contributed by atoms with Gasteiger partial charge in [-0.25, -0.2) is 4.39 Å². The van der Waals surface area contributed by atoms with Crippen LogP contribution in [0.1, 0.15) is 15.9 Å². The average Bonchev–Trinajstić information content (AvgIpc) is 2.60.